The van der Waals surface area contributed by atoms with Crippen molar-refractivity contribution >= 4 is 21.6 Å². The predicted octanol–water partition coefficient (Wildman–Crippen LogP) is 2.06. The first-order valence-electron chi connectivity index (χ1n) is 6.37. The number of nitrogens with one attached hydrogen (secondary N) is 1. The first-order chi connectivity index (χ1) is 8.81. The summed E-state index contributed by atoms with van der Waals surface area (Å²) >= 11 is 0. The largest absolute Gasteiger partial charge is 0.372 e. The fourth-order valence-electron chi connectivity index (χ4n) is 1.74. The van der Waals surface area contributed by atoms with Crippen LogP contribution in [-0.2, 0) is 10.2 Å². The molecule has 0 fully saturated rings. The summed E-state index contributed by atoms with van der Waals surface area (Å²) in [6, 6.07) is 5.82. The van der Waals surface area contributed by atoms with Gasteiger partial charge in [-0.1, -0.05) is 6.07 Å². The zero-order valence-corrected chi connectivity index (χ0v) is 13.1. The van der Waals surface area contributed by atoms with Crippen LogP contribution in [0.15, 0.2) is 18.2 Å². The first-order valence-corrected chi connectivity index (χ1v) is 7.81. The highest BCUT2D eigenvalue weighted by Gasteiger charge is 2.15. The monoisotopic (exact) mass is 285 g/mol. The van der Waals surface area contributed by atoms with Crippen LogP contribution in [0.5, 0.6) is 0 Å². The van der Waals surface area contributed by atoms with Gasteiger partial charge in [-0.2, -0.15) is 12.7 Å². The Hall–Kier alpha value is -1.27. The first kappa shape index (κ1) is 15.8. The van der Waals surface area contributed by atoms with Gasteiger partial charge in [0.25, 0.3) is 0 Å². The summed E-state index contributed by atoms with van der Waals surface area (Å²) < 4.78 is 27.5. The Morgan fingerprint density at radius 2 is 1.74 bits per heavy atom. The lowest BCUT2D eigenvalue weighted by Gasteiger charge is -2.23. The Morgan fingerprint density at radius 3 is 2.21 bits per heavy atom. The number of anilines is 2. The minimum Gasteiger partial charge on any atom is -0.372 e. The van der Waals surface area contributed by atoms with Crippen LogP contribution in [0.2, 0.25) is 0 Å². The van der Waals surface area contributed by atoms with Gasteiger partial charge >= 0.3 is 10.2 Å². The van der Waals surface area contributed by atoms with E-state index in [0.29, 0.717) is 5.69 Å². The lowest BCUT2D eigenvalue weighted by atomic mass is 10.1. The van der Waals surface area contributed by atoms with Crippen molar-refractivity contribution in [2.24, 2.45) is 0 Å². The molecule has 1 N–H and O–H groups in total. The second-order valence-electron chi connectivity index (χ2n) is 4.56. The van der Waals surface area contributed by atoms with E-state index in [-0.39, 0.29) is 0 Å². The Morgan fingerprint density at radius 1 is 1.16 bits per heavy atom. The minimum absolute atomic E-state index is 0.623. The van der Waals surface area contributed by atoms with Gasteiger partial charge in [0, 0.05) is 32.9 Å². The molecule has 0 atom stereocenters. The second-order valence-corrected chi connectivity index (χ2v) is 6.45. The van der Waals surface area contributed by atoms with E-state index in [1.807, 2.05) is 25.1 Å². The maximum Gasteiger partial charge on any atom is 0.301 e. The lowest BCUT2D eigenvalue weighted by Crippen LogP contribution is -2.29. The number of rotatable bonds is 6. The fraction of sp³-hybridized carbons (Fsp3) is 0.538. The Balaban J connectivity index is 3.11. The third-order valence-electron chi connectivity index (χ3n) is 3.07. The van der Waals surface area contributed by atoms with Gasteiger partial charge in [-0.3, -0.25) is 4.72 Å². The zero-order valence-electron chi connectivity index (χ0n) is 12.3. The molecule has 0 radical (unpaired) electrons. The highest BCUT2D eigenvalue weighted by molar-refractivity contribution is 7.90. The maximum absolute atomic E-state index is 11.9. The van der Waals surface area contributed by atoms with E-state index in [1.54, 1.807) is 0 Å². The van der Waals surface area contributed by atoms with Crippen LogP contribution >= 0.6 is 0 Å². The topological polar surface area (TPSA) is 52.7 Å². The molecule has 0 aliphatic carbocycles. The van der Waals surface area contributed by atoms with E-state index in [9.17, 15) is 8.42 Å². The molecule has 0 spiro atoms. The molecule has 0 aromatic heterocycles. The highest BCUT2D eigenvalue weighted by Crippen LogP contribution is 2.24. The molecule has 0 saturated carbocycles. The molecule has 0 aliphatic heterocycles. The standard InChI is InChI=1S/C13H23N3O2S/c1-6-16(7-2)12-9-8-11(3)13(10-12)14-19(17,18)15(4)5/h8-10,14H,6-7H2,1-5H3. The van der Waals surface area contributed by atoms with E-state index in [1.165, 1.54) is 14.1 Å². The third kappa shape index (κ3) is 3.84. The van der Waals surface area contributed by atoms with Crippen molar-refractivity contribution in [1.29, 1.82) is 0 Å². The summed E-state index contributed by atoms with van der Waals surface area (Å²) in [6.45, 7) is 7.82. The normalized spacial score (nSPS) is 11.7. The van der Waals surface area contributed by atoms with Crippen LogP contribution in [0.3, 0.4) is 0 Å². The lowest BCUT2D eigenvalue weighted by molar-refractivity contribution is 0.527. The van der Waals surface area contributed by atoms with Gasteiger partial charge in [-0.05, 0) is 38.5 Å². The van der Waals surface area contributed by atoms with Gasteiger partial charge in [0.2, 0.25) is 0 Å². The molecule has 5 nitrogen and oxygen atoms in total. The summed E-state index contributed by atoms with van der Waals surface area (Å²) in [4.78, 5) is 2.17. The molecule has 0 heterocycles. The van der Waals surface area contributed by atoms with Crippen LogP contribution in [-0.4, -0.2) is 39.9 Å². The predicted molar refractivity (Wildman–Crippen MR) is 81.0 cm³/mol. The second kappa shape index (κ2) is 6.25. The third-order valence-corrected chi connectivity index (χ3v) is 4.51. The van der Waals surface area contributed by atoms with E-state index in [4.69, 9.17) is 0 Å². The summed E-state index contributed by atoms with van der Waals surface area (Å²) in [7, 11) is -0.453. The number of hydrogen-bond acceptors (Lipinski definition) is 3. The molecule has 108 valence electrons. The molecule has 1 rings (SSSR count). The van der Waals surface area contributed by atoms with Crippen molar-refractivity contribution in [3.05, 3.63) is 23.8 Å². The number of benzene rings is 1. The average Bonchev–Trinajstić information content (AvgIpc) is 2.34. The molecule has 0 amide bonds. The fourth-order valence-corrected chi connectivity index (χ4v) is 2.42. The van der Waals surface area contributed by atoms with Gasteiger partial charge in [0.15, 0.2) is 0 Å². The van der Waals surface area contributed by atoms with Gasteiger partial charge in [0.1, 0.15) is 0 Å². The van der Waals surface area contributed by atoms with Crippen molar-refractivity contribution in [3.63, 3.8) is 0 Å². The smallest absolute Gasteiger partial charge is 0.301 e. The number of hydrogen-bond donors (Lipinski definition) is 1. The molecule has 0 unspecified atom stereocenters. The van der Waals surface area contributed by atoms with Crippen LogP contribution in [0, 0.1) is 6.92 Å². The van der Waals surface area contributed by atoms with Crippen molar-refractivity contribution < 1.29 is 8.42 Å². The van der Waals surface area contributed by atoms with Crippen LogP contribution in [0.25, 0.3) is 0 Å². The molecular formula is C13H23N3O2S. The zero-order chi connectivity index (χ0) is 14.6. The summed E-state index contributed by atoms with van der Waals surface area (Å²) in [5, 5.41) is 0. The van der Waals surface area contributed by atoms with E-state index in [2.05, 4.69) is 23.5 Å². The van der Waals surface area contributed by atoms with Gasteiger partial charge in [-0.25, -0.2) is 0 Å². The van der Waals surface area contributed by atoms with E-state index < -0.39 is 10.2 Å². The van der Waals surface area contributed by atoms with Gasteiger partial charge in [0.05, 0.1) is 5.69 Å². The Kier molecular flexibility index (Phi) is 5.20. The minimum atomic E-state index is -3.46. The highest BCUT2D eigenvalue weighted by atomic mass is 32.2. The van der Waals surface area contributed by atoms with Gasteiger partial charge in [-0.15, -0.1) is 0 Å². The quantitative estimate of drug-likeness (QED) is 0.870. The molecule has 6 heteroatoms. The molecular weight excluding hydrogens is 262 g/mol. The average molecular weight is 285 g/mol. The number of aryl methyl sites for hydroxylation is 1. The van der Waals surface area contributed by atoms with Crippen LogP contribution in [0.4, 0.5) is 11.4 Å². The molecule has 0 bridgehead atoms. The van der Waals surface area contributed by atoms with Gasteiger partial charge < -0.3 is 4.90 Å². The number of nitrogens with zero attached hydrogens (tertiary/aromatic N) is 2. The van der Waals surface area contributed by atoms with E-state index >= 15 is 0 Å². The van der Waals surface area contributed by atoms with Crippen molar-refractivity contribution in [1.82, 2.24) is 4.31 Å². The summed E-state index contributed by atoms with van der Waals surface area (Å²) in [5.74, 6) is 0. The Labute approximate surface area is 116 Å². The molecule has 19 heavy (non-hydrogen) atoms. The molecule has 0 aliphatic rings. The van der Waals surface area contributed by atoms with Crippen molar-refractivity contribution in [3.8, 4) is 0 Å². The van der Waals surface area contributed by atoms with E-state index in [0.717, 1.165) is 28.6 Å². The molecule has 0 saturated heterocycles. The maximum atomic E-state index is 11.9. The van der Waals surface area contributed by atoms with Crippen molar-refractivity contribution in [2.45, 2.75) is 20.8 Å². The van der Waals surface area contributed by atoms with Crippen molar-refractivity contribution in [2.75, 3.05) is 36.8 Å². The molecule has 1 aromatic rings. The Bertz CT molecular complexity index is 523. The summed E-state index contributed by atoms with van der Waals surface area (Å²) in [5.41, 5.74) is 2.55. The summed E-state index contributed by atoms with van der Waals surface area (Å²) in [6.07, 6.45) is 0. The SMILES string of the molecule is CCN(CC)c1ccc(C)c(NS(=O)(=O)N(C)C)c1. The molecule has 1 aromatic carbocycles. The van der Waals surface area contributed by atoms with Crippen LogP contribution < -0.4 is 9.62 Å². The van der Waals surface area contributed by atoms with Crippen LogP contribution in [0.1, 0.15) is 19.4 Å².